The molecule has 19 heavy (non-hydrogen) atoms. The van der Waals surface area contributed by atoms with Crippen molar-refractivity contribution < 1.29 is 13.5 Å². The lowest BCUT2D eigenvalue weighted by molar-refractivity contribution is 0.285. The summed E-state index contributed by atoms with van der Waals surface area (Å²) < 4.78 is 27.0. The molecular formula is C13H15NO3S2. The van der Waals surface area contributed by atoms with Crippen LogP contribution in [0.5, 0.6) is 0 Å². The zero-order valence-corrected chi connectivity index (χ0v) is 12.3. The molecule has 0 unspecified atom stereocenters. The van der Waals surface area contributed by atoms with Crippen molar-refractivity contribution >= 4 is 27.0 Å². The topological polar surface area (TPSA) is 66.4 Å². The molecule has 4 nitrogen and oxygen atoms in total. The second kappa shape index (κ2) is 5.32. The molecule has 0 aliphatic heterocycles. The highest BCUT2D eigenvalue weighted by Gasteiger charge is 2.19. The van der Waals surface area contributed by atoms with Crippen molar-refractivity contribution in [1.82, 2.24) is 0 Å². The molecule has 2 aromatic rings. The van der Waals surface area contributed by atoms with E-state index in [4.69, 9.17) is 5.11 Å². The van der Waals surface area contributed by atoms with Crippen LogP contribution in [0.1, 0.15) is 15.3 Å². The lowest BCUT2D eigenvalue weighted by atomic mass is 10.2. The number of benzene rings is 1. The summed E-state index contributed by atoms with van der Waals surface area (Å²) in [6.07, 6.45) is 0. The predicted octanol–water partition coefficient (Wildman–Crippen LogP) is 2.66. The quantitative estimate of drug-likeness (QED) is 0.911. The molecule has 2 N–H and O–H groups in total. The van der Waals surface area contributed by atoms with Gasteiger partial charge in [0.05, 0.1) is 6.61 Å². The summed E-state index contributed by atoms with van der Waals surface area (Å²) in [5, 5.41) is 9.06. The van der Waals surface area contributed by atoms with Gasteiger partial charge in [-0.05, 0) is 32.0 Å². The highest BCUT2D eigenvalue weighted by atomic mass is 32.2. The van der Waals surface area contributed by atoms with Gasteiger partial charge in [-0.15, -0.1) is 11.3 Å². The largest absolute Gasteiger partial charge is 0.391 e. The van der Waals surface area contributed by atoms with E-state index in [1.165, 1.54) is 17.4 Å². The van der Waals surface area contributed by atoms with Gasteiger partial charge in [0, 0.05) is 15.4 Å². The Balaban J connectivity index is 2.31. The summed E-state index contributed by atoms with van der Waals surface area (Å²) in [7, 11) is -3.60. The van der Waals surface area contributed by atoms with Crippen LogP contribution in [0.2, 0.25) is 0 Å². The number of sulfonamides is 1. The van der Waals surface area contributed by atoms with E-state index in [-0.39, 0.29) is 11.5 Å². The first-order chi connectivity index (χ1) is 8.92. The summed E-state index contributed by atoms with van der Waals surface area (Å²) in [4.78, 5) is 1.53. The van der Waals surface area contributed by atoms with Crippen molar-refractivity contribution in [2.45, 2.75) is 25.3 Å². The maximum Gasteiger partial charge on any atom is 0.263 e. The van der Waals surface area contributed by atoms with Gasteiger partial charge in [0.2, 0.25) is 0 Å². The molecule has 0 bridgehead atoms. The van der Waals surface area contributed by atoms with E-state index in [0.29, 0.717) is 15.4 Å². The number of nitrogens with one attached hydrogen (secondary N) is 1. The van der Waals surface area contributed by atoms with Crippen molar-refractivity contribution in [2.24, 2.45) is 0 Å². The maximum absolute atomic E-state index is 12.3. The Labute approximate surface area is 116 Å². The van der Waals surface area contributed by atoms with Gasteiger partial charge < -0.3 is 5.11 Å². The van der Waals surface area contributed by atoms with Crippen LogP contribution < -0.4 is 4.72 Å². The number of rotatable bonds is 4. The van der Waals surface area contributed by atoms with Gasteiger partial charge in [-0.25, -0.2) is 8.42 Å². The molecule has 0 spiro atoms. The smallest absolute Gasteiger partial charge is 0.263 e. The van der Waals surface area contributed by atoms with E-state index in [1.54, 1.807) is 19.1 Å². The highest BCUT2D eigenvalue weighted by Crippen LogP contribution is 2.27. The Morgan fingerprint density at radius 2 is 1.84 bits per heavy atom. The Morgan fingerprint density at radius 3 is 2.37 bits per heavy atom. The molecule has 0 fully saturated rings. The third-order valence-electron chi connectivity index (χ3n) is 2.67. The van der Waals surface area contributed by atoms with Gasteiger partial charge in [0.15, 0.2) is 0 Å². The SMILES string of the molecule is Cc1ccc(NS(=O)(=O)c2cc(CO)sc2C)cc1. The van der Waals surface area contributed by atoms with Gasteiger partial charge >= 0.3 is 0 Å². The molecule has 0 atom stereocenters. The van der Waals surface area contributed by atoms with Crippen LogP contribution in [-0.4, -0.2) is 13.5 Å². The predicted molar refractivity (Wildman–Crippen MR) is 77.0 cm³/mol. The summed E-state index contributed by atoms with van der Waals surface area (Å²) in [6.45, 7) is 3.52. The monoisotopic (exact) mass is 297 g/mol. The molecule has 2 rings (SSSR count). The fourth-order valence-electron chi connectivity index (χ4n) is 1.70. The van der Waals surface area contributed by atoms with Gasteiger partial charge in [0.25, 0.3) is 10.0 Å². The molecule has 1 heterocycles. The Hall–Kier alpha value is -1.37. The summed E-state index contributed by atoms with van der Waals surface area (Å²) in [6, 6.07) is 8.65. The van der Waals surface area contributed by atoms with Crippen molar-refractivity contribution in [1.29, 1.82) is 0 Å². The molecule has 0 radical (unpaired) electrons. The minimum atomic E-state index is -3.60. The average Bonchev–Trinajstić information content (AvgIpc) is 2.74. The molecule has 1 aromatic heterocycles. The fourth-order valence-corrected chi connectivity index (χ4v) is 4.26. The number of aliphatic hydroxyl groups is 1. The number of anilines is 1. The normalized spacial score (nSPS) is 11.5. The second-order valence-electron chi connectivity index (χ2n) is 4.26. The van der Waals surface area contributed by atoms with Crippen molar-refractivity contribution in [3.63, 3.8) is 0 Å². The van der Waals surface area contributed by atoms with Crippen LogP contribution in [0.3, 0.4) is 0 Å². The Morgan fingerprint density at radius 1 is 1.21 bits per heavy atom. The standard InChI is InChI=1S/C13H15NO3S2/c1-9-3-5-11(6-4-9)14-19(16,17)13-7-12(8-15)18-10(13)2/h3-7,14-15H,8H2,1-2H3. The zero-order chi connectivity index (χ0) is 14.0. The summed E-state index contributed by atoms with van der Waals surface area (Å²) in [5.74, 6) is 0. The van der Waals surface area contributed by atoms with Crippen LogP contribution in [0.15, 0.2) is 35.2 Å². The van der Waals surface area contributed by atoms with Crippen LogP contribution in [0.25, 0.3) is 0 Å². The Bertz CT molecular complexity index is 672. The summed E-state index contributed by atoms with van der Waals surface area (Å²) >= 11 is 1.29. The highest BCUT2D eigenvalue weighted by molar-refractivity contribution is 7.93. The number of aliphatic hydroxyl groups excluding tert-OH is 1. The van der Waals surface area contributed by atoms with E-state index in [0.717, 1.165) is 5.56 Å². The second-order valence-corrected chi connectivity index (χ2v) is 7.25. The van der Waals surface area contributed by atoms with Gasteiger partial charge in [0.1, 0.15) is 4.90 Å². The van der Waals surface area contributed by atoms with E-state index in [1.807, 2.05) is 19.1 Å². The zero-order valence-electron chi connectivity index (χ0n) is 10.7. The first-order valence-electron chi connectivity index (χ1n) is 5.72. The van der Waals surface area contributed by atoms with Crippen LogP contribution in [0.4, 0.5) is 5.69 Å². The fraction of sp³-hybridized carbons (Fsp3) is 0.231. The van der Waals surface area contributed by atoms with Crippen molar-refractivity contribution in [2.75, 3.05) is 4.72 Å². The van der Waals surface area contributed by atoms with Crippen LogP contribution >= 0.6 is 11.3 Å². The number of hydrogen-bond acceptors (Lipinski definition) is 4. The average molecular weight is 297 g/mol. The molecule has 0 aliphatic carbocycles. The Kier molecular flexibility index (Phi) is 3.93. The molecule has 1 aromatic carbocycles. The molecule has 0 saturated heterocycles. The summed E-state index contributed by atoms with van der Waals surface area (Å²) in [5.41, 5.74) is 1.60. The minimum absolute atomic E-state index is 0.147. The maximum atomic E-state index is 12.3. The molecule has 0 amide bonds. The lowest BCUT2D eigenvalue weighted by Crippen LogP contribution is -2.13. The van der Waals surface area contributed by atoms with Crippen LogP contribution in [-0.2, 0) is 16.6 Å². The van der Waals surface area contributed by atoms with E-state index >= 15 is 0 Å². The number of thiophene rings is 1. The number of aryl methyl sites for hydroxylation is 2. The molecule has 6 heteroatoms. The van der Waals surface area contributed by atoms with Gasteiger partial charge in [-0.2, -0.15) is 0 Å². The van der Waals surface area contributed by atoms with Crippen molar-refractivity contribution in [3.05, 3.63) is 45.6 Å². The lowest BCUT2D eigenvalue weighted by Gasteiger charge is -2.07. The molecule has 0 saturated carbocycles. The molecule has 0 aliphatic rings. The molecule has 102 valence electrons. The minimum Gasteiger partial charge on any atom is -0.391 e. The van der Waals surface area contributed by atoms with E-state index in [9.17, 15) is 8.42 Å². The van der Waals surface area contributed by atoms with E-state index < -0.39 is 10.0 Å². The van der Waals surface area contributed by atoms with E-state index in [2.05, 4.69) is 4.72 Å². The third-order valence-corrected chi connectivity index (χ3v) is 5.34. The molecular weight excluding hydrogens is 282 g/mol. The number of hydrogen-bond donors (Lipinski definition) is 2. The van der Waals surface area contributed by atoms with Crippen molar-refractivity contribution in [3.8, 4) is 0 Å². The first-order valence-corrected chi connectivity index (χ1v) is 8.02. The first kappa shape index (κ1) is 14.0. The third kappa shape index (κ3) is 3.15. The van der Waals surface area contributed by atoms with Gasteiger partial charge in [-0.3, -0.25) is 4.72 Å². The van der Waals surface area contributed by atoms with Gasteiger partial charge in [-0.1, -0.05) is 17.7 Å². The van der Waals surface area contributed by atoms with Crippen LogP contribution in [0, 0.1) is 13.8 Å².